The SMILES string of the molecule is O=C1NC(=O)C2(CCN(C(=O)c3ccc(-n4cncn4)cc3)CC2)N1. The topological polar surface area (TPSA) is 109 Å². The highest BCUT2D eigenvalue weighted by atomic mass is 16.2. The smallest absolute Gasteiger partial charge is 0.322 e. The normalized spacial score (nSPS) is 19.0. The summed E-state index contributed by atoms with van der Waals surface area (Å²) in [6.07, 6.45) is 3.85. The molecule has 2 aliphatic heterocycles. The molecule has 25 heavy (non-hydrogen) atoms. The van der Waals surface area contributed by atoms with Gasteiger partial charge < -0.3 is 10.2 Å². The maximum absolute atomic E-state index is 12.6. The third-order valence-electron chi connectivity index (χ3n) is 4.72. The molecule has 0 aliphatic carbocycles. The molecule has 4 amide bonds. The molecule has 0 saturated carbocycles. The molecule has 2 aliphatic rings. The Morgan fingerprint density at radius 3 is 2.40 bits per heavy atom. The Bertz CT molecular complexity index is 822. The van der Waals surface area contributed by atoms with E-state index < -0.39 is 11.6 Å². The number of urea groups is 1. The molecular weight excluding hydrogens is 324 g/mol. The second-order valence-corrected chi connectivity index (χ2v) is 6.17. The summed E-state index contributed by atoms with van der Waals surface area (Å²) in [5.74, 6) is -0.397. The van der Waals surface area contributed by atoms with Gasteiger partial charge in [-0.2, -0.15) is 5.10 Å². The number of aromatic nitrogens is 3. The van der Waals surface area contributed by atoms with Crippen LogP contribution in [0.1, 0.15) is 23.2 Å². The molecule has 9 heteroatoms. The van der Waals surface area contributed by atoms with Gasteiger partial charge in [0.05, 0.1) is 5.69 Å². The average molecular weight is 340 g/mol. The van der Waals surface area contributed by atoms with Crippen molar-refractivity contribution in [1.29, 1.82) is 0 Å². The van der Waals surface area contributed by atoms with Crippen LogP contribution in [0.4, 0.5) is 4.79 Å². The van der Waals surface area contributed by atoms with Crippen LogP contribution in [-0.4, -0.2) is 56.1 Å². The second-order valence-electron chi connectivity index (χ2n) is 6.17. The first-order valence-corrected chi connectivity index (χ1v) is 7.95. The molecule has 0 unspecified atom stereocenters. The molecule has 2 fully saturated rings. The van der Waals surface area contributed by atoms with Gasteiger partial charge in [0.25, 0.3) is 11.8 Å². The van der Waals surface area contributed by atoms with Gasteiger partial charge in [-0.05, 0) is 37.1 Å². The van der Waals surface area contributed by atoms with Crippen molar-refractivity contribution in [3.05, 3.63) is 42.5 Å². The summed E-state index contributed by atoms with van der Waals surface area (Å²) < 4.78 is 1.61. The van der Waals surface area contributed by atoms with E-state index in [1.807, 2.05) is 0 Å². The van der Waals surface area contributed by atoms with Crippen LogP contribution >= 0.6 is 0 Å². The molecule has 1 aromatic heterocycles. The van der Waals surface area contributed by atoms with Crippen LogP contribution in [-0.2, 0) is 4.79 Å². The number of rotatable bonds is 2. The lowest BCUT2D eigenvalue weighted by Gasteiger charge is -2.37. The van der Waals surface area contributed by atoms with Crippen molar-refractivity contribution in [2.45, 2.75) is 18.4 Å². The number of carbonyl (C=O) groups is 3. The molecule has 1 spiro atoms. The predicted octanol–water partition coefficient (Wildman–Crippen LogP) is 0.0815. The van der Waals surface area contributed by atoms with E-state index in [9.17, 15) is 14.4 Å². The lowest BCUT2D eigenvalue weighted by atomic mass is 9.87. The monoisotopic (exact) mass is 340 g/mol. The third-order valence-corrected chi connectivity index (χ3v) is 4.72. The second kappa shape index (κ2) is 5.69. The maximum atomic E-state index is 12.6. The van der Waals surface area contributed by atoms with E-state index in [1.165, 1.54) is 6.33 Å². The Morgan fingerprint density at radius 2 is 1.84 bits per heavy atom. The summed E-state index contributed by atoms with van der Waals surface area (Å²) in [5, 5.41) is 9.00. The number of likely N-dealkylation sites (tertiary alicyclic amines) is 1. The first-order chi connectivity index (χ1) is 12.1. The molecular formula is C16H16N6O3. The Labute approximate surface area is 143 Å². The van der Waals surface area contributed by atoms with Crippen molar-refractivity contribution >= 4 is 17.8 Å². The first kappa shape index (κ1) is 15.3. The summed E-state index contributed by atoms with van der Waals surface area (Å²) in [5.41, 5.74) is 0.516. The van der Waals surface area contributed by atoms with Crippen molar-refractivity contribution < 1.29 is 14.4 Å². The number of nitrogens with zero attached hydrogens (tertiary/aromatic N) is 4. The highest BCUT2D eigenvalue weighted by Crippen LogP contribution is 2.26. The van der Waals surface area contributed by atoms with E-state index in [4.69, 9.17) is 0 Å². The summed E-state index contributed by atoms with van der Waals surface area (Å²) in [6.45, 7) is 0.828. The maximum Gasteiger partial charge on any atom is 0.322 e. The fraction of sp³-hybridized carbons (Fsp3) is 0.312. The lowest BCUT2D eigenvalue weighted by molar-refractivity contribution is -0.125. The van der Waals surface area contributed by atoms with Crippen LogP contribution in [0, 0.1) is 0 Å². The minimum Gasteiger partial charge on any atom is -0.338 e. The zero-order valence-corrected chi connectivity index (χ0v) is 13.3. The van der Waals surface area contributed by atoms with Crippen molar-refractivity contribution in [2.75, 3.05) is 13.1 Å². The molecule has 1 aromatic carbocycles. The number of benzene rings is 1. The summed E-state index contributed by atoms with van der Waals surface area (Å²) in [4.78, 5) is 41.5. The molecule has 9 nitrogen and oxygen atoms in total. The Balaban J connectivity index is 1.44. The van der Waals surface area contributed by atoms with Gasteiger partial charge in [0.15, 0.2) is 0 Å². The number of nitrogens with one attached hydrogen (secondary N) is 2. The van der Waals surface area contributed by atoms with E-state index in [-0.39, 0.29) is 11.8 Å². The van der Waals surface area contributed by atoms with E-state index in [2.05, 4.69) is 20.7 Å². The molecule has 3 heterocycles. The number of hydrogen-bond donors (Lipinski definition) is 2. The Kier molecular flexibility index (Phi) is 3.48. The minimum atomic E-state index is -0.870. The van der Waals surface area contributed by atoms with Gasteiger partial charge in [-0.3, -0.25) is 14.9 Å². The fourth-order valence-electron chi connectivity index (χ4n) is 3.25. The van der Waals surface area contributed by atoms with Crippen LogP contribution in [0.3, 0.4) is 0 Å². The van der Waals surface area contributed by atoms with E-state index in [0.717, 1.165) is 5.69 Å². The predicted molar refractivity (Wildman–Crippen MR) is 85.9 cm³/mol. The van der Waals surface area contributed by atoms with Crippen molar-refractivity contribution in [3.63, 3.8) is 0 Å². The molecule has 0 bridgehead atoms. The van der Waals surface area contributed by atoms with Gasteiger partial charge in [-0.15, -0.1) is 0 Å². The number of hydrogen-bond acceptors (Lipinski definition) is 5. The van der Waals surface area contributed by atoms with Crippen LogP contribution in [0.2, 0.25) is 0 Å². The summed E-state index contributed by atoms with van der Waals surface area (Å²) in [6, 6.07) is 6.63. The average Bonchev–Trinajstić information content (AvgIpc) is 3.24. The molecule has 2 saturated heterocycles. The van der Waals surface area contributed by atoms with Gasteiger partial charge in [-0.25, -0.2) is 14.5 Å². The van der Waals surface area contributed by atoms with Gasteiger partial charge in [0.2, 0.25) is 0 Å². The minimum absolute atomic E-state index is 0.0929. The van der Waals surface area contributed by atoms with Crippen molar-refractivity contribution in [3.8, 4) is 5.69 Å². The van der Waals surface area contributed by atoms with E-state index >= 15 is 0 Å². The van der Waals surface area contributed by atoms with Crippen molar-refractivity contribution in [2.24, 2.45) is 0 Å². The zero-order valence-electron chi connectivity index (χ0n) is 13.3. The number of amides is 4. The number of carbonyl (C=O) groups excluding carboxylic acids is 3. The summed E-state index contributed by atoms with van der Waals surface area (Å²) in [7, 11) is 0. The third kappa shape index (κ3) is 2.63. The highest BCUT2D eigenvalue weighted by molar-refractivity contribution is 6.07. The van der Waals surface area contributed by atoms with Gasteiger partial charge in [-0.1, -0.05) is 0 Å². The van der Waals surface area contributed by atoms with E-state index in [1.54, 1.807) is 40.2 Å². The standard InChI is InChI=1S/C16H16N6O3/c23-13(11-1-3-12(4-2-11)22-10-17-9-18-22)21-7-5-16(6-8-21)14(24)19-15(25)20-16/h1-4,9-10H,5-8H2,(H2,19,20,24,25). The van der Waals surface area contributed by atoms with Crippen LogP contribution in [0.15, 0.2) is 36.9 Å². The number of imide groups is 1. The van der Waals surface area contributed by atoms with Crippen LogP contribution < -0.4 is 10.6 Å². The molecule has 4 rings (SSSR count). The molecule has 0 atom stereocenters. The molecule has 128 valence electrons. The van der Waals surface area contributed by atoms with E-state index in [0.29, 0.717) is 31.5 Å². The van der Waals surface area contributed by atoms with Crippen LogP contribution in [0.25, 0.3) is 5.69 Å². The Morgan fingerprint density at radius 1 is 1.12 bits per heavy atom. The van der Waals surface area contributed by atoms with Crippen molar-refractivity contribution in [1.82, 2.24) is 30.3 Å². The largest absolute Gasteiger partial charge is 0.338 e. The summed E-state index contributed by atoms with van der Waals surface area (Å²) >= 11 is 0. The molecule has 0 radical (unpaired) electrons. The van der Waals surface area contributed by atoms with Crippen LogP contribution in [0.5, 0.6) is 0 Å². The molecule has 2 N–H and O–H groups in total. The zero-order chi connectivity index (χ0) is 17.4. The first-order valence-electron chi connectivity index (χ1n) is 7.95. The van der Waals surface area contributed by atoms with Gasteiger partial charge >= 0.3 is 6.03 Å². The quantitative estimate of drug-likeness (QED) is 0.753. The lowest BCUT2D eigenvalue weighted by Crippen LogP contribution is -2.55. The van der Waals surface area contributed by atoms with Gasteiger partial charge in [0, 0.05) is 18.7 Å². The number of piperidine rings is 1. The van der Waals surface area contributed by atoms with Gasteiger partial charge in [0.1, 0.15) is 18.2 Å². The highest BCUT2D eigenvalue weighted by Gasteiger charge is 2.48. The Hall–Kier alpha value is -3.23. The fourth-order valence-corrected chi connectivity index (χ4v) is 3.25. The molecule has 2 aromatic rings.